The first-order chi connectivity index (χ1) is 20.9. The van der Waals surface area contributed by atoms with Gasteiger partial charge in [0.25, 0.3) is 0 Å². The molecule has 0 aliphatic carbocycles. The zero-order chi connectivity index (χ0) is 31.8. The Hall–Kier alpha value is -4.78. The molecule has 44 heavy (non-hydrogen) atoms. The highest BCUT2D eigenvalue weighted by atomic mass is 16.5. The van der Waals surface area contributed by atoms with E-state index in [2.05, 4.69) is 50.8 Å². The fourth-order valence-corrected chi connectivity index (χ4v) is 5.87. The van der Waals surface area contributed by atoms with Gasteiger partial charge in [0.15, 0.2) is 11.6 Å². The lowest BCUT2D eigenvalue weighted by molar-refractivity contribution is -0.111. The zero-order valence-corrected chi connectivity index (χ0v) is 26.0. The Kier molecular flexibility index (Phi) is 8.42. The second kappa shape index (κ2) is 12.1. The minimum atomic E-state index is -1.14. The maximum atomic E-state index is 12.5. The number of carbonyl (C=O) groups is 2. The molecule has 5 heterocycles. The van der Waals surface area contributed by atoms with Crippen molar-refractivity contribution in [2.45, 2.75) is 45.1 Å². The fourth-order valence-electron chi connectivity index (χ4n) is 5.87. The van der Waals surface area contributed by atoms with Gasteiger partial charge in [0, 0.05) is 43.0 Å². The van der Waals surface area contributed by atoms with Crippen LogP contribution in [-0.4, -0.2) is 88.7 Å². The predicted molar refractivity (Wildman–Crippen MR) is 170 cm³/mol. The van der Waals surface area contributed by atoms with Crippen LogP contribution < -0.4 is 25.2 Å². The second-order valence-corrected chi connectivity index (χ2v) is 12.0. The highest BCUT2D eigenvalue weighted by Gasteiger charge is 2.39. The van der Waals surface area contributed by atoms with Crippen molar-refractivity contribution < 1.29 is 19.4 Å². The number of nitrogens with one attached hydrogen (secondary N) is 2. The Morgan fingerprint density at radius 3 is 2.66 bits per heavy atom. The maximum absolute atomic E-state index is 12.5. The highest BCUT2D eigenvalue weighted by molar-refractivity contribution is 6.01. The molecule has 2 aliphatic rings. The zero-order valence-electron chi connectivity index (χ0n) is 26.0. The van der Waals surface area contributed by atoms with Crippen LogP contribution in [0.4, 0.5) is 34.6 Å². The number of hydrogen-bond acceptors (Lipinski definition) is 11. The van der Waals surface area contributed by atoms with Gasteiger partial charge in [-0.15, -0.1) is 0 Å². The third kappa shape index (κ3) is 6.00. The summed E-state index contributed by atoms with van der Waals surface area (Å²) in [6.07, 6.45) is 4.48. The SMILES string of the molecule is C=CC(=O)Nc1cc(Nc2ncc(C(=O)O)c(N3CC(C)(C)c4nc(C)ccc43)n2)c(OC)nc1N1CCC[C@@H]1CN(C)C. The largest absolute Gasteiger partial charge is 0.479 e. The van der Waals surface area contributed by atoms with E-state index >= 15 is 0 Å². The molecular formula is C31H39N9O4. The van der Waals surface area contributed by atoms with E-state index < -0.39 is 5.97 Å². The number of pyridine rings is 2. The number of amides is 1. The smallest absolute Gasteiger partial charge is 0.341 e. The van der Waals surface area contributed by atoms with Gasteiger partial charge < -0.3 is 35.2 Å². The number of likely N-dealkylation sites (N-methyl/N-ethyl adjacent to an activating group) is 1. The Balaban J connectivity index is 1.56. The lowest BCUT2D eigenvalue weighted by atomic mass is 9.91. The molecule has 0 bridgehead atoms. The van der Waals surface area contributed by atoms with Gasteiger partial charge in [-0.05, 0) is 58.1 Å². The van der Waals surface area contributed by atoms with E-state index in [-0.39, 0.29) is 40.6 Å². The monoisotopic (exact) mass is 601 g/mol. The van der Waals surface area contributed by atoms with Gasteiger partial charge in [-0.3, -0.25) is 9.78 Å². The number of carboxylic acids is 1. The van der Waals surface area contributed by atoms with Gasteiger partial charge in [0.1, 0.15) is 11.3 Å². The van der Waals surface area contributed by atoms with Crippen LogP contribution in [0.25, 0.3) is 0 Å². The molecule has 5 rings (SSSR count). The lowest BCUT2D eigenvalue weighted by Crippen LogP contribution is -2.38. The van der Waals surface area contributed by atoms with E-state index in [4.69, 9.17) is 14.7 Å². The fraction of sp³-hybridized carbons (Fsp3) is 0.419. The van der Waals surface area contributed by atoms with Crippen LogP contribution in [0.1, 0.15) is 48.4 Å². The normalized spacial score (nSPS) is 17.0. The molecule has 0 aromatic carbocycles. The number of aromatic carboxylic acids is 1. The predicted octanol–water partition coefficient (Wildman–Crippen LogP) is 4.11. The van der Waals surface area contributed by atoms with Crippen LogP contribution in [0.3, 0.4) is 0 Å². The van der Waals surface area contributed by atoms with Crippen molar-refractivity contribution >= 4 is 46.5 Å². The van der Waals surface area contributed by atoms with Crippen molar-refractivity contribution in [3.05, 3.63) is 54.0 Å². The molecule has 0 saturated carbocycles. The molecule has 1 saturated heterocycles. The summed E-state index contributed by atoms with van der Waals surface area (Å²) in [6, 6.07) is 5.77. The number of methoxy groups -OCH3 is 1. The highest BCUT2D eigenvalue weighted by Crippen LogP contribution is 2.44. The molecule has 3 N–H and O–H groups in total. The first kappa shape index (κ1) is 30.7. The number of aromatic nitrogens is 4. The Labute approximate surface area is 257 Å². The minimum Gasteiger partial charge on any atom is -0.479 e. The van der Waals surface area contributed by atoms with Crippen LogP contribution in [-0.2, 0) is 10.2 Å². The Morgan fingerprint density at radius 2 is 1.98 bits per heavy atom. The van der Waals surface area contributed by atoms with E-state index in [0.717, 1.165) is 43.0 Å². The summed E-state index contributed by atoms with van der Waals surface area (Å²) in [5, 5.41) is 16.1. The molecule has 2 aliphatic heterocycles. The summed E-state index contributed by atoms with van der Waals surface area (Å²) in [7, 11) is 5.57. The van der Waals surface area contributed by atoms with Crippen molar-refractivity contribution in [1.82, 2.24) is 24.8 Å². The average molecular weight is 602 g/mol. The molecule has 3 aromatic rings. The van der Waals surface area contributed by atoms with Crippen LogP contribution >= 0.6 is 0 Å². The minimum absolute atomic E-state index is 0.0416. The van der Waals surface area contributed by atoms with Gasteiger partial charge in [-0.2, -0.15) is 9.97 Å². The number of ether oxygens (including phenoxy) is 1. The molecule has 13 nitrogen and oxygen atoms in total. The number of aryl methyl sites for hydroxylation is 1. The molecular weight excluding hydrogens is 562 g/mol. The average Bonchev–Trinajstić information content (AvgIpc) is 3.53. The standard InChI is InChI=1S/C31H39N9O4/c1-8-24(41)34-21-14-22(28(44-7)36-27(21)39-13-9-10-19(39)16-38(5)6)35-30-32-15-20(29(42)43)26(37-30)40-17-31(3,4)25-23(40)12-11-18(2)33-25/h8,11-12,14-15,19H,1,9-10,13,16-17H2,2-7H3,(H,34,41)(H,42,43)(H,32,35,37)/t19-/m1/s1. The van der Waals surface area contributed by atoms with Crippen LogP contribution in [0.15, 0.2) is 37.1 Å². The number of rotatable bonds is 10. The van der Waals surface area contributed by atoms with Gasteiger partial charge in [0.2, 0.25) is 17.7 Å². The van der Waals surface area contributed by atoms with E-state index in [1.165, 1.54) is 19.4 Å². The van der Waals surface area contributed by atoms with Crippen LogP contribution in [0.5, 0.6) is 5.88 Å². The number of hydrogen-bond donors (Lipinski definition) is 3. The number of carbonyl (C=O) groups excluding carboxylic acids is 1. The second-order valence-electron chi connectivity index (χ2n) is 12.0. The van der Waals surface area contributed by atoms with Gasteiger partial charge in [0.05, 0.1) is 24.2 Å². The first-order valence-corrected chi connectivity index (χ1v) is 14.5. The number of anilines is 6. The summed E-state index contributed by atoms with van der Waals surface area (Å²) in [4.78, 5) is 49.5. The van der Waals surface area contributed by atoms with Crippen molar-refractivity contribution in [2.75, 3.05) is 61.3 Å². The summed E-state index contributed by atoms with van der Waals surface area (Å²) in [5.74, 6) is -0.290. The Morgan fingerprint density at radius 1 is 1.20 bits per heavy atom. The number of carboxylic acid groups (broad SMARTS) is 1. The first-order valence-electron chi connectivity index (χ1n) is 14.5. The Bertz CT molecular complexity index is 1610. The molecule has 0 unspecified atom stereocenters. The van der Waals surface area contributed by atoms with Gasteiger partial charge >= 0.3 is 5.97 Å². The van der Waals surface area contributed by atoms with Crippen molar-refractivity contribution in [1.29, 1.82) is 0 Å². The quantitative estimate of drug-likeness (QED) is 0.287. The third-order valence-electron chi connectivity index (χ3n) is 7.83. The molecule has 232 valence electrons. The lowest BCUT2D eigenvalue weighted by Gasteiger charge is -2.30. The third-order valence-corrected chi connectivity index (χ3v) is 7.83. The van der Waals surface area contributed by atoms with Crippen molar-refractivity contribution in [3.8, 4) is 5.88 Å². The van der Waals surface area contributed by atoms with Gasteiger partial charge in [-0.25, -0.2) is 9.78 Å². The van der Waals surface area contributed by atoms with Crippen molar-refractivity contribution in [3.63, 3.8) is 0 Å². The molecule has 1 atom stereocenters. The number of nitrogens with zero attached hydrogens (tertiary/aromatic N) is 7. The summed E-state index contributed by atoms with van der Waals surface area (Å²) in [6.45, 7) is 11.8. The van der Waals surface area contributed by atoms with Gasteiger partial charge in [-0.1, -0.05) is 20.4 Å². The topological polar surface area (TPSA) is 149 Å². The molecule has 0 spiro atoms. The number of fused-ring (bicyclic) bond motifs is 1. The van der Waals surface area contributed by atoms with Crippen LogP contribution in [0, 0.1) is 6.92 Å². The van der Waals surface area contributed by atoms with E-state index in [9.17, 15) is 14.7 Å². The summed E-state index contributed by atoms with van der Waals surface area (Å²) >= 11 is 0. The molecule has 0 radical (unpaired) electrons. The molecule has 1 amide bonds. The van der Waals surface area contributed by atoms with E-state index in [1.807, 2.05) is 38.1 Å². The van der Waals surface area contributed by atoms with E-state index in [1.54, 1.807) is 6.07 Å². The maximum Gasteiger partial charge on any atom is 0.341 e. The van der Waals surface area contributed by atoms with Crippen LogP contribution in [0.2, 0.25) is 0 Å². The van der Waals surface area contributed by atoms with E-state index in [0.29, 0.717) is 23.7 Å². The summed E-state index contributed by atoms with van der Waals surface area (Å²) < 4.78 is 5.69. The summed E-state index contributed by atoms with van der Waals surface area (Å²) in [5.41, 5.74) is 3.04. The molecule has 1 fully saturated rings. The van der Waals surface area contributed by atoms with Crippen molar-refractivity contribution in [2.24, 2.45) is 0 Å². The molecule has 3 aromatic heterocycles. The molecule has 13 heteroatoms.